The molecule has 0 saturated heterocycles. The van der Waals surface area contributed by atoms with Crippen LogP contribution in [0.2, 0.25) is 0 Å². The summed E-state index contributed by atoms with van der Waals surface area (Å²) in [7, 11) is 0. The highest BCUT2D eigenvalue weighted by molar-refractivity contribution is 5.23. The van der Waals surface area contributed by atoms with E-state index in [0.29, 0.717) is 0 Å². The van der Waals surface area contributed by atoms with Crippen molar-refractivity contribution in [3.05, 3.63) is 11.6 Å². The summed E-state index contributed by atoms with van der Waals surface area (Å²) in [6, 6.07) is 0. The Morgan fingerprint density at radius 2 is 2.43 bits per heavy atom. The van der Waals surface area contributed by atoms with E-state index in [0.717, 1.165) is 5.92 Å². The molecule has 0 unspecified atom stereocenters. The van der Waals surface area contributed by atoms with E-state index < -0.39 is 0 Å². The van der Waals surface area contributed by atoms with Crippen molar-refractivity contribution in [2.45, 2.75) is 26.7 Å². The van der Waals surface area contributed by atoms with Crippen molar-refractivity contribution in [2.24, 2.45) is 5.92 Å². The second kappa shape index (κ2) is 1.69. The number of rotatable bonds is 2. The topological polar surface area (TPSA) is 0 Å². The third-order valence-corrected chi connectivity index (χ3v) is 1.69. The van der Waals surface area contributed by atoms with Gasteiger partial charge in [0, 0.05) is 0 Å². The average Bonchev–Trinajstić information content (AvgIpc) is 2.44. The first-order valence-electron chi connectivity index (χ1n) is 3.03. The molecule has 7 heavy (non-hydrogen) atoms. The summed E-state index contributed by atoms with van der Waals surface area (Å²) in [5.41, 5.74) is 1.67. The largest absolute Gasteiger partial charge is 0.0807 e. The number of hydrogen-bond acceptors (Lipinski definition) is 0. The maximum atomic E-state index is 2.31. The van der Waals surface area contributed by atoms with Crippen LogP contribution >= 0.6 is 0 Å². The zero-order chi connectivity index (χ0) is 5.28. The summed E-state index contributed by atoms with van der Waals surface area (Å²) in [6.07, 6.45) is 4.93. The van der Waals surface area contributed by atoms with Gasteiger partial charge >= 0.3 is 0 Å². The van der Waals surface area contributed by atoms with Gasteiger partial charge < -0.3 is 0 Å². The first kappa shape index (κ1) is 4.89. The van der Waals surface area contributed by atoms with E-state index in [1.165, 1.54) is 12.8 Å². The molecule has 0 radical (unpaired) electrons. The Hall–Kier alpha value is -0.260. The zero-order valence-corrected chi connectivity index (χ0v) is 5.07. The molecular weight excluding hydrogens is 84.1 g/mol. The van der Waals surface area contributed by atoms with Gasteiger partial charge in [0.1, 0.15) is 0 Å². The summed E-state index contributed by atoms with van der Waals surface area (Å²) in [5.74, 6) is 0.875. The molecule has 0 amide bonds. The maximum Gasteiger partial charge on any atom is -0.0133 e. The zero-order valence-electron chi connectivity index (χ0n) is 5.07. The van der Waals surface area contributed by atoms with Crippen molar-refractivity contribution in [3.8, 4) is 0 Å². The van der Waals surface area contributed by atoms with Crippen molar-refractivity contribution < 1.29 is 0 Å². The highest BCUT2D eigenvalue weighted by Crippen LogP contribution is 2.28. The van der Waals surface area contributed by atoms with Gasteiger partial charge in [-0.25, -0.2) is 0 Å². The summed E-state index contributed by atoms with van der Waals surface area (Å²) in [5, 5.41) is 0. The summed E-state index contributed by atoms with van der Waals surface area (Å²) in [6.45, 7) is 4.53. The predicted octanol–water partition coefficient (Wildman–Crippen LogP) is 2.36. The monoisotopic (exact) mass is 96.1 g/mol. The second-order valence-electron chi connectivity index (χ2n) is 2.29. The molecule has 1 aliphatic rings. The Morgan fingerprint density at radius 1 is 1.86 bits per heavy atom. The van der Waals surface area contributed by atoms with E-state index >= 15 is 0 Å². The molecule has 0 spiro atoms. The van der Waals surface area contributed by atoms with E-state index in [1.807, 2.05) is 0 Å². The van der Waals surface area contributed by atoms with Crippen molar-refractivity contribution in [1.29, 1.82) is 0 Å². The maximum absolute atomic E-state index is 2.31. The van der Waals surface area contributed by atoms with Gasteiger partial charge in [0.15, 0.2) is 0 Å². The molecule has 0 bridgehead atoms. The number of allylic oxidation sites excluding steroid dienone is 2. The summed E-state index contributed by atoms with van der Waals surface area (Å²) < 4.78 is 0. The van der Waals surface area contributed by atoms with E-state index in [9.17, 15) is 0 Å². The first-order chi connectivity index (χ1) is 3.34. The number of hydrogen-bond donors (Lipinski definition) is 0. The second-order valence-corrected chi connectivity index (χ2v) is 2.29. The SMILES string of the molecule is CC[C@@H](C)C1=CC1. The highest BCUT2D eigenvalue weighted by Gasteiger charge is 2.12. The predicted molar refractivity (Wildman–Crippen MR) is 32.2 cm³/mol. The van der Waals surface area contributed by atoms with Gasteiger partial charge in [-0.3, -0.25) is 0 Å². The molecule has 0 aliphatic heterocycles. The molecule has 1 atom stereocenters. The fraction of sp³-hybridized carbons (Fsp3) is 0.714. The minimum atomic E-state index is 0.875. The van der Waals surface area contributed by atoms with Crippen LogP contribution in [0, 0.1) is 5.92 Å². The molecule has 0 heteroatoms. The fourth-order valence-electron chi connectivity index (χ4n) is 0.723. The molecule has 0 fully saturated rings. The lowest BCUT2D eigenvalue weighted by Crippen LogP contribution is -1.85. The minimum Gasteiger partial charge on any atom is -0.0807 e. The average molecular weight is 96.2 g/mol. The fourth-order valence-corrected chi connectivity index (χ4v) is 0.723. The Morgan fingerprint density at radius 3 is 2.57 bits per heavy atom. The third kappa shape index (κ3) is 1.05. The van der Waals surface area contributed by atoms with E-state index in [4.69, 9.17) is 0 Å². The highest BCUT2D eigenvalue weighted by atomic mass is 14.2. The van der Waals surface area contributed by atoms with Crippen LogP contribution in [0.25, 0.3) is 0 Å². The van der Waals surface area contributed by atoms with Gasteiger partial charge in [-0.1, -0.05) is 25.5 Å². The lowest BCUT2D eigenvalue weighted by Gasteiger charge is -1.98. The van der Waals surface area contributed by atoms with E-state index in [1.54, 1.807) is 5.57 Å². The molecule has 0 aromatic carbocycles. The molecule has 0 aromatic heterocycles. The Bertz CT molecular complexity index is 90.2. The quantitative estimate of drug-likeness (QED) is 0.463. The molecule has 1 rings (SSSR count). The molecule has 0 N–H and O–H groups in total. The lowest BCUT2D eigenvalue weighted by atomic mass is 10.1. The standard InChI is InChI=1S/C7H12/c1-3-6(2)7-4-5-7/h4,6H,3,5H2,1-2H3/t6-/m1/s1. The van der Waals surface area contributed by atoms with Gasteiger partial charge in [0.2, 0.25) is 0 Å². The summed E-state index contributed by atoms with van der Waals surface area (Å²) in [4.78, 5) is 0. The van der Waals surface area contributed by atoms with Gasteiger partial charge in [0.25, 0.3) is 0 Å². The summed E-state index contributed by atoms with van der Waals surface area (Å²) >= 11 is 0. The van der Waals surface area contributed by atoms with Crippen LogP contribution in [0.4, 0.5) is 0 Å². The van der Waals surface area contributed by atoms with Crippen LogP contribution in [-0.4, -0.2) is 0 Å². The lowest BCUT2D eigenvalue weighted by molar-refractivity contribution is 0.672. The molecule has 0 nitrogen and oxygen atoms in total. The van der Waals surface area contributed by atoms with E-state index in [-0.39, 0.29) is 0 Å². The molecule has 0 saturated carbocycles. The Kier molecular flexibility index (Phi) is 1.18. The molecule has 40 valence electrons. The van der Waals surface area contributed by atoms with E-state index in [2.05, 4.69) is 19.9 Å². The first-order valence-corrected chi connectivity index (χ1v) is 3.03. The van der Waals surface area contributed by atoms with Crippen molar-refractivity contribution in [3.63, 3.8) is 0 Å². The molecule has 0 heterocycles. The Labute approximate surface area is 45.2 Å². The van der Waals surface area contributed by atoms with Gasteiger partial charge in [0.05, 0.1) is 0 Å². The van der Waals surface area contributed by atoms with Crippen molar-refractivity contribution >= 4 is 0 Å². The van der Waals surface area contributed by atoms with Gasteiger partial charge in [-0.2, -0.15) is 0 Å². The van der Waals surface area contributed by atoms with Crippen molar-refractivity contribution in [2.75, 3.05) is 0 Å². The molecule has 0 aromatic rings. The van der Waals surface area contributed by atoms with Gasteiger partial charge in [-0.15, -0.1) is 0 Å². The van der Waals surface area contributed by atoms with Crippen molar-refractivity contribution in [1.82, 2.24) is 0 Å². The van der Waals surface area contributed by atoms with Crippen LogP contribution in [0.5, 0.6) is 0 Å². The third-order valence-electron chi connectivity index (χ3n) is 1.69. The van der Waals surface area contributed by atoms with Gasteiger partial charge in [-0.05, 0) is 18.8 Å². The van der Waals surface area contributed by atoms with Crippen LogP contribution in [0.3, 0.4) is 0 Å². The van der Waals surface area contributed by atoms with Crippen LogP contribution in [0.1, 0.15) is 26.7 Å². The Balaban J connectivity index is 2.24. The van der Waals surface area contributed by atoms with Crippen LogP contribution in [0.15, 0.2) is 11.6 Å². The molecule has 1 aliphatic carbocycles. The van der Waals surface area contributed by atoms with Crippen LogP contribution < -0.4 is 0 Å². The minimum absolute atomic E-state index is 0.875. The molecular formula is C7H12. The normalized spacial score (nSPS) is 21.1. The van der Waals surface area contributed by atoms with Crippen LogP contribution in [-0.2, 0) is 0 Å². The smallest absolute Gasteiger partial charge is 0.0133 e.